The van der Waals surface area contributed by atoms with E-state index in [1.807, 2.05) is 0 Å². The maximum atomic E-state index is 11.1. The molecule has 1 atom stereocenters. The fourth-order valence-electron chi connectivity index (χ4n) is 1.77. The lowest BCUT2D eigenvalue weighted by Gasteiger charge is -2.08. The zero-order chi connectivity index (χ0) is 14.0. The fraction of sp³-hybridized carbons (Fsp3) is 0.688. The zero-order valence-electron chi connectivity index (χ0n) is 12.6. The Morgan fingerprint density at radius 2 is 1.83 bits per heavy atom. The fourth-order valence-corrected chi connectivity index (χ4v) is 1.77. The minimum Gasteiger partial charge on any atom is -0.469 e. The van der Waals surface area contributed by atoms with Crippen molar-refractivity contribution in [2.24, 2.45) is 5.92 Å². The molecule has 2 heteroatoms. The number of ether oxygens (including phenoxy) is 1. The predicted molar refractivity (Wildman–Crippen MR) is 77.5 cm³/mol. The van der Waals surface area contributed by atoms with Crippen molar-refractivity contribution in [3.8, 4) is 0 Å². The quantitative estimate of drug-likeness (QED) is 0.464. The van der Waals surface area contributed by atoms with Gasteiger partial charge in [0.05, 0.1) is 7.11 Å². The summed E-state index contributed by atoms with van der Waals surface area (Å²) in [7, 11) is 1.45. The summed E-state index contributed by atoms with van der Waals surface area (Å²) in [5, 5.41) is 0. The first kappa shape index (κ1) is 16.9. The van der Waals surface area contributed by atoms with Gasteiger partial charge in [0.1, 0.15) is 0 Å². The molecule has 104 valence electrons. The van der Waals surface area contributed by atoms with Gasteiger partial charge in [-0.25, -0.2) is 0 Å². The van der Waals surface area contributed by atoms with E-state index >= 15 is 0 Å². The Kier molecular flexibility index (Phi) is 9.35. The average Bonchev–Trinajstić information content (AvgIpc) is 2.28. The van der Waals surface area contributed by atoms with Crippen molar-refractivity contribution in [2.45, 2.75) is 59.8 Å². The molecule has 0 fully saturated rings. The van der Waals surface area contributed by atoms with Crippen molar-refractivity contribution in [3.05, 3.63) is 23.3 Å². The van der Waals surface area contributed by atoms with Gasteiger partial charge in [-0.15, -0.1) is 0 Å². The molecule has 0 rings (SSSR count). The van der Waals surface area contributed by atoms with Gasteiger partial charge in [-0.2, -0.15) is 0 Å². The minimum absolute atomic E-state index is 0.105. The lowest BCUT2D eigenvalue weighted by Crippen LogP contribution is -2.06. The predicted octanol–water partition coefficient (Wildman–Crippen LogP) is 4.66. The average molecular weight is 252 g/mol. The van der Waals surface area contributed by atoms with Crippen molar-refractivity contribution in [2.75, 3.05) is 7.11 Å². The van der Waals surface area contributed by atoms with Crippen LogP contribution >= 0.6 is 0 Å². The first-order valence-electron chi connectivity index (χ1n) is 6.81. The second-order valence-corrected chi connectivity index (χ2v) is 5.33. The Morgan fingerprint density at radius 3 is 2.39 bits per heavy atom. The van der Waals surface area contributed by atoms with Crippen molar-refractivity contribution >= 4 is 5.97 Å². The first-order chi connectivity index (χ1) is 8.45. The largest absolute Gasteiger partial charge is 0.469 e. The summed E-state index contributed by atoms with van der Waals surface area (Å²) in [4.78, 5) is 11.1. The summed E-state index contributed by atoms with van der Waals surface area (Å²) in [6.45, 7) is 8.55. The third-order valence-electron chi connectivity index (χ3n) is 2.99. The number of esters is 1. The van der Waals surface area contributed by atoms with Crippen molar-refractivity contribution in [1.29, 1.82) is 0 Å². The highest BCUT2D eigenvalue weighted by Crippen LogP contribution is 2.14. The van der Waals surface area contributed by atoms with E-state index in [1.165, 1.54) is 18.3 Å². The van der Waals surface area contributed by atoms with Crippen LogP contribution in [0.3, 0.4) is 0 Å². The molecule has 0 aliphatic heterocycles. The monoisotopic (exact) mass is 252 g/mol. The summed E-state index contributed by atoms with van der Waals surface area (Å²) in [5.41, 5.74) is 2.83. The standard InChI is InChI=1S/C16H28O2/c1-13(2)8-6-9-14(3)10-7-11-15(4)12-16(17)18-5/h8,10,15H,6-7,9,11-12H2,1-5H3/b14-10+/t15-/m1/s1. The molecule has 0 aromatic heterocycles. The smallest absolute Gasteiger partial charge is 0.305 e. The van der Waals surface area contributed by atoms with Crippen molar-refractivity contribution < 1.29 is 9.53 Å². The molecule has 0 aromatic carbocycles. The SMILES string of the molecule is COC(=O)C[C@H](C)CC/C=C(\C)CCC=C(C)C. The Labute approximate surface area is 112 Å². The number of methoxy groups -OCH3 is 1. The Balaban J connectivity index is 3.79. The number of rotatable bonds is 8. The van der Waals surface area contributed by atoms with E-state index < -0.39 is 0 Å². The van der Waals surface area contributed by atoms with Crippen LogP contribution in [0.1, 0.15) is 59.8 Å². The van der Waals surface area contributed by atoms with Crippen LogP contribution in [0, 0.1) is 5.92 Å². The molecule has 0 amide bonds. The summed E-state index contributed by atoms with van der Waals surface area (Å²) in [5.74, 6) is 0.297. The molecule has 0 unspecified atom stereocenters. The van der Waals surface area contributed by atoms with Crippen LogP contribution < -0.4 is 0 Å². The molecule has 0 heterocycles. The van der Waals surface area contributed by atoms with E-state index in [0.29, 0.717) is 12.3 Å². The number of carbonyl (C=O) groups excluding carboxylic acids is 1. The summed E-state index contributed by atoms with van der Waals surface area (Å²) in [6.07, 6.45) is 9.47. The van der Waals surface area contributed by atoms with Gasteiger partial charge in [-0.1, -0.05) is 30.2 Å². The molecule has 0 aromatic rings. The van der Waals surface area contributed by atoms with Gasteiger partial charge in [-0.05, 0) is 52.4 Å². The molecule has 0 saturated carbocycles. The van der Waals surface area contributed by atoms with Gasteiger partial charge < -0.3 is 4.74 Å². The number of hydrogen-bond donors (Lipinski definition) is 0. The lowest BCUT2D eigenvalue weighted by molar-refractivity contribution is -0.141. The van der Waals surface area contributed by atoms with Gasteiger partial charge in [0.2, 0.25) is 0 Å². The molecule has 0 N–H and O–H groups in total. The molecule has 0 saturated heterocycles. The highest BCUT2D eigenvalue weighted by Gasteiger charge is 2.07. The molecule has 0 aliphatic carbocycles. The van der Waals surface area contributed by atoms with Gasteiger partial charge >= 0.3 is 5.97 Å². The van der Waals surface area contributed by atoms with E-state index in [0.717, 1.165) is 25.7 Å². The molecular formula is C16H28O2. The maximum Gasteiger partial charge on any atom is 0.305 e. The third kappa shape index (κ3) is 10.1. The topological polar surface area (TPSA) is 26.3 Å². The van der Waals surface area contributed by atoms with E-state index in [9.17, 15) is 4.79 Å². The summed E-state index contributed by atoms with van der Waals surface area (Å²) < 4.78 is 4.66. The molecule has 0 bridgehead atoms. The van der Waals surface area contributed by atoms with E-state index in [-0.39, 0.29) is 5.97 Å². The molecule has 18 heavy (non-hydrogen) atoms. The van der Waals surface area contributed by atoms with Crippen LogP contribution in [-0.4, -0.2) is 13.1 Å². The van der Waals surface area contributed by atoms with Crippen LogP contribution in [0.4, 0.5) is 0 Å². The highest BCUT2D eigenvalue weighted by molar-refractivity contribution is 5.69. The number of allylic oxidation sites excluding steroid dienone is 4. The third-order valence-corrected chi connectivity index (χ3v) is 2.99. The zero-order valence-corrected chi connectivity index (χ0v) is 12.6. The van der Waals surface area contributed by atoms with E-state index in [4.69, 9.17) is 0 Å². The van der Waals surface area contributed by atoms with Gasteiger partial charge in [0.15, 0.2) is 0 Å². The number of carbonyl (C=O) groups is 1. The highest BCUT2D eigenvalue weighted by atomic mass is 16.5. The number of hydrogen-bond acceptors (Lipinski definition) is 2. The van der Waals surface area contributed by atoms with Crippen LogP contribution in [-0.2, 0) is 9.53 Å². The van der Waals surface area contributed by atoms with Crippen LogP contribution in [0.15, 0.2) is 23.3 Å². The van der Waals surface area contributed by atoms with Gasteiger partial charge in [-0.3, -0.25) is 4.79 Å². The molecule has 0 spiro atoms. The van der Waals surface area contributed by atoms with Crippen molar-refractivity contribution in [3.63, 3.8) is 0 Å². The molecule has 2 nitrogen and oxygen atoms in total. The first-order valence-corrected chi connectivity index (χ1v) is 6.81. The van der Waals surface area contributed by atoms with Crippen LogP contribution in [0.5, 0.6) is 0 Å². The normalized spacial score (nSPS) is 13.1. The van der Waals surface area contributed by atoms with E-state index in [1.54, 1.807) is 0 Å². The minimum atomic E-state index is -0.105. The molecule has 0 radical (unpaired) electrons. The molecule has 0 aliphatic rings. The Bertz CT molecular complexity index is 296. The van der Waals surface area contributed by atoms with E-state index in [2.05, 4.69) is 44.6 Å². The summed E-state index contributed by atoms with van der Waals surface area (Å²) >= 11 is 0. The second kappa shape index (κ2) is 9.93. The van der Waals surface area contributed by atoms with Gasteiger partial charge in [0, 0.05) is 6.42 Å². The summed E-state index contributed by atoms with van der Waals surface area (Å²) in [6, 6.07) is 0. The van der Waals surface area contributed by atoms with Crippen LogP contribution in [0.25, 0.3) is 0 Å². The Hall–Kier alpha value is -1.05. The Morgan fingerprint density at radius 1 is 1.17 bits per heavy atom. The van der Waals surface area contributed by atoms with Gasteiger partial charge in [0.25, 0.3) is 0 Å². The second-order valence-electron chi connectivity index (χ2n) is 5.33. The van der Waals surface area contributed by atoms with Crippen LogP contribution in [0.2, 0.25) is 0 Å². The molecular weight excluding hydrogens is 224 g/mol. The van der Waals surface area contributed by atoms with Crippen molar-refractivity contribution in [1.82, 2.24) is 0 Å². The maximum absolute atomic E-state index is 11.1. The lowest BCUT2D eigenvalue weighted by atomic mass is 10.00.